The van der Waals surface area contributed by atoms with Gasteiger partial charge in [0.05, 0.1) is 34.9 Å². The first kappa shape index (κ1) is 19.6. The standard InChI is InChI=1S/C19H22N4O5S/c1-22(10-16-20-15-5-3-2-4-14(15)18(25)21-16)19(26)12-8-17(24)23(9-12)13-6-7-29(27,28)11-13/h2-5,12-13H,6-11H2,1H3,(H,20,21,25)/t12-,13+/m1/s1. The highest BCUT2D eigenvalue weighted by Gasteiger charge is 2.42. The molecule has 2 atom stereocenters. The third-order valence-electron chi connectivity index (χ3n) is 5.58. The van der Waals surface area contributed by atoms with Crippen LogP contribution in [0.3, 0.4) is 0 Å². The van der Waals surface area contributed by atoms with Crippen molar-refractivity contribution in [3.05, 3.63) is 40.4 Å². The second-order valence-electron chi connectivity index (χ2n) is 7.73. The van der Waals surface area contributed by atoms with Gasteiger partial charge >= 0.3 is 0 Å². The average Bonchev–Trinajstić information content (AvgIpc) is 3.23. The summed E-state index contributed by atoms with van der Waals surface area (Å²) in [5.41, 5.74) is 0.285. The van der Waals surface area contributed by atoms with Crippen molar-refractivity contribution in [2.45, 2.75) is 25.4 Å². The lowest BCUT2D eigenvalue weighted by molar-refractivity contribution is -0.135. The summed E-state index contributed by atoms with van der Waals surface area (Å²) in [6.07, 6.45) is 0.495. The minimum Gasteiger partial charge on any atom is -0.338 e. The van der Waals surface area contributed by atoms with E-state index in [1.165, 1.54) is 9.80 Å². The predicted octanol–water partition coefficient (Wildman–Crippen LogP) is -0.0829. The molecule has 0 saturated carbocycles. The van der Waals surface area contributed by atoms with Crippen molar-refractivity contribution in [1.29, 1.82) is 0 Å². The molecule has 10 heteroatoms. The van der Waals surface area contributed by atoms with Crippen LogP contribution >= 0.6 is 0 Å². The van der Waals surface area contributed by atoms with Gasteiger partial charge in [0.25, 0.3) is 5.56 Å². The number of para-hydroxylation sites is 1. The SMILES string of the molecule is CN(Cc1nc2ccccc2c(=O)[nH]1)C(=O)[C@@H]1CC(=O)N([C@H]2CCS(=O)(=O)C2)C1. The molecule has 2 amide bonds. The van der Waals surface area contributed by atoms with Crippen molar-refractivity contribution < 1.29 is 18.0 Å². The van der Waals surface area contributed by atoms with Gasteiger partial charge in [0, 0.05) is 26.1 Å². The van der Waals surface area contributed by atoms with Crippen LogP contribution in [-0.2, 0) is 26.0 Å². The number of carbonyl (C=O) groups excluding carboxylic acids is 2. The molecule has 1 N–H and O–H groups in total. The van der Waals surface area contributed by atoms with Gasteiger partial charge in [0.2, 0.25) is 11.8 Å². The number of nitrogens with one attached hydrogen (secondary N) is 1. The van der Waals surface area contributed by atoms with E-state index in [4.69, 9.17) is 0 Å². The first-order valence-corrected chi connectivity index (χ1v) is 11.3. The van der Waals surface area contributed by atoms with E-state index in [1.807, 2.05) is 0 Å². The summed E-state index contributed by atoms with van der Waals surface area (Å²) in [6, 6.07) is 6.62. The van der Waals surface area contributed by atoms with Crippen LogP contribution in [0.2, 0.25) is 0 Å². The lowest BCUT2D eigenvalue weighted by atomic mass is 10.1. The van der Waals surface area contributed by atoms with Gasteiger partial charge in [-0.3, -0.25) is 14.4 Å². The molecule has 2 aliphatic rings. The van der Waals surface area contributed by atoms with Gasteiger partial charge < -0.3 is 14.8 Å². The summed E-state index contributed by atoms with van der Waals surface area (Å²) in [7, 11) is -1.50. The average molecular weight is 418 g/mol. The Kier molecular flexibility index (Phi) is 4.89. The van der Waals surface area contributed by atoms with Crippen LogP contribution in [-0.4, -0.2) is 71.1 Å². The van der Waals surface area contributed by atoms with Crippen LogP contribution in [0.5, 0.6) is 0 Å². The van der Waals surface area contributed by atoms with E-state index >= 15 is 0 Å². The largest absolute Gasteiger partial charge is 0.338 e. The van der Waals surface area contributed by atoms with Gasteiger partial charge in [-0.2, -0.15) is 0 Å². The lowest BCUT2D eigenvalue weighted by Crippen LogP contribution is -2.39. The van der Waals surface area contributed by atoms with Crippen LogP contribution in [0.1, 0.15) is 18.7 Å². The van der Waals surface area contributed by atoms with Crippen molar-refractivity contribution in [1.82, 2.24) is 19.8 Å². The Bertz CT molecular complexity index is 1140. The maximum atomic E-state index is 12.8. The number of rotatable bonds is 4. The first-order valence-electron chi connectivity index (χ1n) is 9.46. The number of aromatic nitrogens is 2. The topological polar surface area (TPSA) is 121 Å². The Morgan fingerprint density at radius 3 is 2.79 bits per heavy atom. The summed E-state index contributed by atoms with van der Waals surface area (Å²) >= 11 is 0. The summed E-state index contributed by atoms with van der Waals surface area (Å²) < 4.78 is 23.4. The third-order valence-corrected chi connectivity index (χ3v) is 7.33. The number of nitrogens with zero attached hydrogens (tertiary/aromatic N) is 3. The summed E-state index contributed by atoms with van der Waals surface area (Å²) in [4.78, 5) is 47.5. The molecule has 0 radical (unpaired) electrons. The van der Waals surface area contributed by atoms with Crippen LogP contribution < -0.4 is 5.56 Å². The van der Waals surface area contributed by atoms with Gasteiger partial charge in [-0.15, -0.1) is 0 Å². The van der Waals surface area contributed by atoms with Crippen molar-refractivity contribution in [3.63, 3.8) is 0 Å². The summed E-state index contributed by atoms with van der Waals surface area (Å²) in [5.74, 6) is -0.511. The number of hydrogen-bond donors (Lipinski definition) is 1. The number of sulfone groups is 1. The Morgan fingerprint density at radius 1 is 1.31 bits per heavy atom. The van der Waals surface area contributed by atoms with E-state index in [2.05, 4.69) is 9.97 Å². The molecule has 2 saturated heterocycles. The molecule has 0 bridgehead atoms. The van der Waals surface area contributed by atoms with Gasteiger partial charge in [0.1, 0.15) is 5.82 Å². The monoisotopic (exact) mass is 418 g/mol. The fourth-order valence-corrected chi connectivity index (χ4v) is 5.83. The van der Waals surface area contributed by atoms with Crippen molar-refractivity contribution >= 4 is 32.6 Å². The molecular weight excluding hydrogens is 396 g/mol. The normalized spacial score (nSPS) is 23.6. The molecule has 0 unspecified atom stereocenters. The van der Waals surface area contributed by atoms with Crippen molar-refractivity contribution in [2.24, 2.45) is 5.92 Å². The fraction of sp³-hybridized carbons (Fsp3) is 0.474. The molecule has 0 aliphatic carbocycles. The highest BCUT2D eigenvalue weighted by Crippen LogP contribution is 2.27. The Hall–Kier alpha value is -2.75. The molecule has 2 fully saturated rings. The zero-order valence-electron chi connectivity index (χ0n) is 16.0. The highest BCUT2D eigenvalue weighted by atomic mass is 32.2. The maximum Gasteiger partial charge on any atom is 0.258 e. The van der Waals surface area contributed by atoms with Gasteiger partial charge in [-0.1, -0.05) is 12.1 Å². The third kappa shape index (κ3) is 3.89. The van der Waals surface area contributed by atoms with E-state index in [-0.39, 0.29) is 54.4 Å². The second kappa shape index (κ2) is 7.25. The molecule has 154 valence electrons. The molecule has 9 nitrogen and oxygen atoms in total. The molecular formula is C19H22N4O5S. The van der Waals surface area contributed by atoms with Gasteiger partial charge in [0.15, 0.2) is 9.84 Å². The van der Waals surface area contributed by atoms with Crippen molar-refractivity contribution in [2.75, 3.05) is 25.1 Å². The molecule has 3 heterocycles. The van der Waals surface area contributed by atoms with E-state index in [0.717, 1.165) is 0 Å². The minimum atomic E-state index is -3.10. The van der Waals surface area contributed by atoms with Crippen molar-refractivity contribution in [3.8, 4) is 0 Å². The second-order valence-corrected chi connectivity index (χ2v) is 9.96. The Morgan fingerprint density at radius 2 is 2.07 bits per heavy atom. The molecule has 4 rings (SSSR count). The van der Waals surface area contributed by atoms with Gasteiger partial charge in [-0.25, -0.2) is 13.4 Å². The van der Waals surface area contributed by atoms with Crippen LogP contribution in [0.25, 0.3) is 10.9 Å². The van der Waals surface area contributed by atoms with E-state index in [9.17, 15) is 22.8 Å². The molecule has 1 aromatic heterocycles. The molecule has 0 spiro atoms. The number of benzene rings is 1. The highest BCUT2D eigenvalue weighted by molar-refractivity contribution is 7.91. The summed E-state index contributed by atoms with van der Waals surface area (Å²) in [5, 5.41) is 0.480. The zero-order chi connectivity index (χ0) is 20.8. The van der Waals surface area contributed by atoms with E-state index in [0.29, 0.717) is 23.1 Å². The number of hydrogen-bond acceptors (Lipinski definition) is 6. The van der Waals surface area contributed by atoms with Crippen LogP contribution in [0, 0.1) is 5.92 Å². The van der Waals surface area contributed by atoms with E-state index in [1.54, 1.807) is 31.3 Å². The van der Waals surface area contributed by atoms with Crippen LogP contribution in [0.4, 0.5) is 0 Å². The molecule has 2 aromatic rings. The maximum absolute atomic E-state index is 12.8. The lowest BCUT2D eigenvalue weighted by Gasteiger charge is -2.24. The Labute approximate surface area is 167 Å². The minimum absolute atomic E-state index is 0.0300. The summed E-state index contributed by atoms with van der Waals surface area (Å²) in [6.45, 7) is 0.339. The Balaban J connectivity index is 1.45. The van der Waals surface area contributed by atoms with Gasteiger partial charge in [-0.05, 0) is 18.6 Å². The first-order chi connectivity index (χ1) is 13.7. The number of carbonyl (C=O) groups is 2. The zero-order valence-corrected chi connectivity index (χ0v) is 16.8. The number of fused-ring (bicyclic) bond motifs is 1. The number of aromatic amines is 1. The number of likely N-dealkylation sites (tertiary alicyclic amines) is 1. The smallest absolute Gasteiger partial charge is 0.258 e. The van der Waals surface area contributed by atoms with E-state index < -0.39 is 15.8 Å². The number of H-pyrrole nitrogens is 1. The quantitative estimate of drug-likeness (QED) is 0.741. The molecule has 2 aliphatic heterocycles. The molecule has 29 heavy (non-hydrogen) atoms. The molecule has 1 aromatic carbocycles. The fourth-order valence-electron chi connectivity index (χ4n) is 4.10. The number of amides is 2. The predicted molar refractivity (Wildman–Crippen MR) is 106 cm³/mol. The van der Waals surface area contributed by atoms with Crippen LogP contribution in [0.15, 0.2) is 29.1 Å².